The third-order valence-corrected chi connectivity index (χ3v) is 11.0. The smallest absolute Gasteiger partial charge is 0.268 e. The van der Waals surface area contributed by atoms with Crippen LogP contribution in [0, 0.1) is 0 Å². The predicted molar refractivity (Wildman–Crippen MR) is 256 cm³/mol. The second kappa shape index (κ2) is 42.0. The van der Waals surface area contributed by atoms with Crippen molar-refractivity contribution < 1.29 is 32.9 Å². The number of amides is 1. The number of hydrogen-bond donors (Lipinski definition) is 2. The summed E-state index contributed by atoms with van der Waals surface area (Å²) in [7, 11) is 1.22. The van der Waals surface area contributed by atoms with Crippen molar-refractivity contribution in [3.8, 4) is 0 Å². The van der Waals surface area contributed by atoms with Gasteiger partial charge in [0.15, 0.2) is 0 Å². The Hall–Kier alpha value is -2.32. The van der Waals surface area contributed by atoms with Crippen molar-refractivity contribution in [2.75, 3.05) is 40.9 Å². The van der Waals surface area contributed by atoms with E-state index in [1.165, 1.54) is 83.5 Å². The van der Waals surface area contributed by atoms with Gasteiger partial charge in [-0.05, 0) is 83.5 Å². The monoisotopic (exact) mass is 859 g/mol. The number of aliphatic hydroxyl groups is 1. The van der Waals surface area contributed by atoms with Crippen molar-refractivity contribution >= 4 is 13.7 Å². The Bertz CT molecular complexity index is 1250. The van der Waals surface area contributed by atoms with Crippen LogP contribution in [0.15, 0.2) is 85.1 Å². The van der Waals surface area contributed by atoms with Crippen LogP contribution < -0.4 is 10.2 Å². The van der Waals surface area contributed by atoms with Gasteiger partial charge in [-0.3, -0.25) is 9.36 Å². The highest BCUT2D eigenvalue weighted by Gasteiger charge is 2.23. The number of unbranched alkanes of at least 4 members (excludes halogenated alkanes) is 17. The lowest BCUT2D eigenvalue weighted by molar-refractivity contribution is -0.870. The number of aliphatic hydroxyl groups excluding tert-OH is 1. The molecule has 0 spiro atoms. The molecule has 0 aliphatic heterocycles. The average molecular weight is 859 g/mol. The number of carbonyl (C=O) groups is 1. The van der Waals surface area contributed by atoms with Gasteiger partial charge in [0.05, 0.1) is 39.9 Å². The van der Waals surface area contributed by atoms with E-state index in [4.69, 9.17) is 9.05 Å². The van der Waals surface area contributed by atoms with Gasteiger partial charge in [0.2, 0.25) is 5.91 Å². The van der Waals surface area contributed by atoms with Gasteiger partial charge < -0.3 is 28.8 Å². The predicted octanol–water partition coefficient (Wildman–Crippen LogP) is 13.1. The summed E-state index contributed by atoms with van der Waals surface area (Å²) in [6, 6.07) is -0.916. The van der Waals surface area contributed by atoms with E-state index in [0.29, 0.717) is 17.4 Å². The maximum Gasteiger partial charge on any atom is 0.268 e. The summed E-state index contributed by atoms with van der Waals surface area (Å²) in [5.41, 5.74) is 0. The molecule has 346 valence electrons. The molecule has 2 N–H and O–H groups in total. The minimum atomic E-state index is -4.61. The van der Waals surface area contributed by atoms with Crippen LogP contribution in [0.5, 0.6) is 0 Å². The highest BCUT2D eigenvalue weighted by molar-refractivity contribution is 7.45. The SMILES string of the molecule is CC/C=C\C/C=C\C/C=C\C/C=C\CCCCCCCCCCCCC(=O)NC(COP(=O)([O-])OCC[N+](C)(C)C)C(O)/C=C/CC/C=C/CC/C=C/CCCCCCC. The Balaban J connectivity index is 4.39. The molecule has 8 nitrogen and oxygen atoms in total. The van der Waals surface area contributed by atoms with Crippen LogP contribution >= 0.6 is 7.82 Å². The van der Waals surface area contributed by atoms with Gasteiger partial charge in [0.25, 0.3) is 7.82 Å². The molecule has 3 atom stereocenters. The van der Waals surface area contributed by atoms with Crippen LogP contribution in [0.1, 0.15) is 181 Å². The zero-order chi connectivity index (χ0) is 44.3. The summed E-state index contributed by atoms with van der Waals surface area (Å²) in [6.45, 7) is 4.47. The van der Waals surface area contributed by atoms with E-state index in [-0.39, 0.29) is 12.5 Å². The van der Waals surface area contributed by atoms with Crippen molar-refractivity contribution in [3.05, 3.63) is 85.1 Å². The topological polar surface area (TPSA) is 108 Å². The molecule has 0 aromatic heterocycles. The summed E-state index contributed by atoms with van der Waals surface area (Å²) in [6.07, 6.45) is 57.8. The molecule has 60 heavy (non-hydrogen) atoms. The molecule has 0 aromatic carbocycles. The summed E-state index contributed by atoms with van der Waals surface area (Å²) in [5.74, 6) is -0.221. The van der Waals surface area contributed by atoms with Gasteiger partial charge in [-0.2, -0.15) is 0 Å². The summed E-state index contributed by atoms with van der Waals surface area (Å²) in [4.78, 5) is 25.4. The third kappa shape index (κ3) is 43.8. The normalized spacial score (nSPS) is 15.0. The molecule has 0 radical (unpaired) electrons. The molecule has 9 heteroatoms. The molecule has 0 fully saturated rings. The summed E-state index contributed by atoms with van der Waals surface area (Å²) >= 11 is 0. The first-order valence-corrected chi connectivity index (χ1v) is 25.4. The highest BCUT2D eigenvalue weighted by atomic mass is 31.2. The minimum absolute atomic E-state index is 0.0139. The number of quaternary nitrogens is 1. The van der Waals surface area contributed by atoms with Crippen LogP contribution in [0.4, 0.5) is 0 Å². The van der Waals surface area contributed by atoms with E-state index in [1.54, 1.807) is 6.08 Å². The van der Waals surface area contributed by atoms with E-state index < -0.39 is 26.6 Å². The maximum atomic E-state index is 12.9. The molecule has 0 heterocycles. The molecule has 0 saturated carbocycles. The Morgan fingerprint density at radius 2 is 1.03 bits per heavy atom. The fourth-order valence-electron chi connectivity index (χ4n) is 6.29. The summed E-state index contributed by atoms with van der Waals surface area (Å²) < 4.78 is 23.2. The van der Waals surface area contributed by atoms with E-state index in [9.17, 15) is 19.4 Å². The van der Waals surface area contributed by atoms with Gasteiger partial charge in [-0.25, -0.2) is 0 Å². The number of phosphoric acid groups is 1. The van der Waals surface area contributed by atoms with Gasteiger partial charge >= 0.3 is 0 Å². The van der Waals surface area contributed by atoms with Gasteiger partial charge in [0, 0.05) is 6.42 Å². The second-order valence-electron chi connectivity index (χ2n) is 17.1. The fraction of sp³-hybridized carbons (Fsp3) is 0.706. The lowest BCUT2D eigenvalue weighted by Gasteiger charge is -2.29. The third-order valence-electron chi connectivity index (χ3n) is 10.1. The molecule has 0 aromatic rings. The number of nitrogens with zero attached hydrogens (tertiary/aromatic N) is 1. The first-order valence-electron chi connectivity index (χ1n) is 23.9. The molecule has 0 rings (SSSR count). The van der Waals surface area contributed by atoms with Crippen LogP contribution in [0.3, 0.4) is 0 Å². The van der Waals surface area contributed by atoms with Crippen molar-refractivity contribution in [1.82, 2.24) is 5.32 Å². The van der Waals surface area contributed by atoms with Crippen molar-refractivity contribution in [2.45, 2.75) is 193 Å². The molecular formula is C51H91N2O6P. The molecule has 1 amide bonds. The van der Waals surface area contributed by atoms with E-state index in [2.05, 4.69) is 92.1 Å². The Morgan fingerprint density at radius 1 is 0.600 bits per heavy atom. The maximum absolute atomic E-state index is 12.9. The largest absolute Gasteiger partial charge is 0.756 e. The molecule has 0 saturated heterocycles. The first-order chi connectivity index (χ1) is 29.0. The number of phosphoric ester groups is 1. The molecule has 3 unspecified atom stereocenters. The number of rotatable bonds is 42. The number of allylic oxidation sites excluding steroid dienone is 13. The highest BCUT2D eigenvalue weighted by Crippen LogP contribution is 2.38. The fourth-order valence-corrected chi connectivity index (χ4v) is 7.01. The van der Waals surface area contributed by atoms with Crippen LogP contribution in [0.25, 0.3) is 0 Å². The number of nitrogens with one attached hydrogen (secondary N) is 1. The number of likely N-dealkylation sites (N-methyl/N-ethyl adjacent to an activating group) is 1. The molecule has 0 aliphatic rings. The molecule has 0 aliphatic carbocycles. The zero-order valence-corrected chi connectivity index (χ0v) is 40.0. The van der Waals surface area contributed by atoms with E-state index in [0.717, 1.165) is 77.0 Å². The van der Waals surface area contributed by atoms with Crippen LogP contribution in [0.2, 0.25) is 0 Å². The second-order valence-corrected chi connectivity index (χ2v) is 18.5. The van der Waals surface area contributed by atoms with Crippen molar-refractivity contribution in [2.24, 2.45) is 0 Å². The molecular weight excluding hydrogens is 768 g/mol. The Kier molecular flexibility index (Phi) is 40.4. The summed E-state index contributed by atoms with van der Waals surface area (Å²) in [5, 5.41) is 13.8. The minimum Gasteiger partial charge on any atom is -0.756 e. The average Bonchev–Trinajstić information content (AvgIpc) is 3.20. The van der Waals surface area contributed by atoms with Gasteiger partial charge in [0.1, 0.15) is 13.2 Å². The standard InChI is InChI=1S/C51H91N2O6P/c1-6-8-10-12-14-16-18-20-22-23-24-25-26-27-28-29-31-33-35-37-39-41-43-45-51(55)52-49(48-59-60(56,57)58-47-46-53(3,4)5)50(54)44-42-40-38-36-34-32-30-21-19-17-15-13-11-9-7-2/h8,10,14,16,19-22,24-25,34,36,42,44,49-50,54H,6-7,9,11-13,15,17-18,23,26-33,35,37-41,43,45-48H2,1-5H3,(H-,52,55,56,57)/b10-8-,16-14-,21-19+,22-20-,25-24-,36-34+,44-42+. The molecule has 0 bridgehead atoms. The zero-order valence-electron chi connectivity index (χ0n) is 39.1. The van der Waals surface area contributed by atoms with Crippen LogP contribution in [-0.2, 0) is 18.4 Å². The van der Waals surface area contributed by atoms with Crippen LogP contribution in [-0.4, -0.2) is 68.5 Å². The number of carbonyl (C=O) groups excluding carboxylic acids is 1. The Morgan fingerprint density at radius 3 is 1.55 bits per heavy atom. The number of hydrogen-bond acceptors (Lipinski definition) is 6. The quantitative estimate of drug-likeness (QED) is 0.0274. The first kappa shape index (κ1) is 57.7. The van der Waals surface area contributed by atoms with Gasteiger partial charge in [-0.1, -0.05) is 176 Å². The van der Waals surface area contributed by atoms with Crippen molar-refractivity contribution in [1.29, 1.82) is 0 Å². The van der Waals surface area contributed by atoms with Crippen molar-refractivity contribution in [3.63, 3.8) is 0 Å². The lowest BCUT2D eigenvalue weighted by Crippen LogP contribution is -2.45. The van der Waals surface area contributed by atoms with E-state index in [1.807, 2.05) is 27.2 Å². The lowest BCUT2D eigenvalue weighted by atomic mass is 10.0. The van der Waals surface area contributed by atoms with E-state index >= 15 is 0 Å². The van der Waals surface area contributed by atoms with Gasteiger partial charge in [-0.15, -0.1) is 0 Å². The Labute approximate surface area is 369 Å².